The van der Waals surface area contributed by atoms with E-state index in [1.807, 2.05) is 32.0 Å². The Bertz CT molecular complexity index is 269. The van der Waals surface area contributed by atoms with Crippen LogP contribution in [-0.2, 0) is 0 Å². The summed E-state index contributed by atoms with van der Waals surface area (Å²) < 4.78 is 0. The van der Waals surface area contributed by atoms with Gasteiger partial charge in [-0.25, -0.2) is 5.32 Å². The Balaban J connectivity index is 2.59. The molecule has 0 bridgehead atoms. The third kappa shape index (κ3) is 2.90. The lowest BCUT2D eigenvalue weighted by atomic mass is 10.2. The Morgan fingerprint density at radius 1 is 1.38 bits per heavy atom. The van der Waals surface area contributed by atoms with E-state index in [2.05, 4.69) is 5.32 Å². The highest BCUT2D eigenvalue weighted by Gasteiger charge is 2.08. The van der Waals surface area contributed by atoms with Crippen molar-refractivity contribution in [3.05, 3.63) is 35.9 Å². The number of rotatable bonds is 3. The molecular formula is C11H14NO. The van der Waals surface area contributed by atoms with E-state index in [0.717, 1.165) is 6.42 Å². The zero-order chi connectivity index (χ0) is 9.68. The van der Waals surface area contributed by atoms with Crippen molar-refractivity contribution in [1.29, 1.82) is 0 Å². The summed E-state index contributed by atoms with van der Waals surface area (Å²) in [5, 5.41) is 4.03. The number of carbonyl (C=O) groups is 1. The quantitative estimate of drug-likeness (QED) is 0.694. The minimum Gasteiger partial charge on any atom is -0.267 e. The van der Waals surface area contributed by atoms with Gasteiger partial charge in [0.2, 0.25) is 0 Å². The van der Waals surface area contributed by atoms with Gasteiger partial charge in [0.1, 0.15) is 0 Å². The van der Waals surface area contributed by atoms with E-state index in [4.69, 9.17) is 0 Å². The van der Waals surface area contributed by atoms with Crippen LogP contribution in [0, 0.1) is 0 Å². The van der Waals surface area contributed by atoms with Crippen molar-refractivity contribution < 1.29 is 4.79 Å². The normalized spacial score (nSPS) is 12.2. The van der Waals surface area contributed by atoms with Gasteiger partial charge in [-0.15, -0.1) is 0 Å². The summed E-state index contributed by atoms with van der Waals surface area (Å²) in [5.41, 5.74) is 0.669. The van der Waals surface area contributed by atoms with Crippen molar-refractivity contribution in [3.63, 3.8) is 0 Å². The summed E-state index contributed by atoms with van der Waals surface area (Å²) in [6.45, 7) is 3.97. The predicted molar refractivity (Wildman–Crippen MR) is 52.7 cm³/mol. The molecule has 1 aromatic carbocycles. The fourth-order valence-corrected chi connectivity index (χ4v) is 0.947. The van der Waals surface area contributed by atoms with Crippen LogP contribution in [0.4, 0.5) is 0 Å². The van der Waals surface area contributed by atoms with Crippen LogP contribution in [0.3, 0.4) is 0 Å². The molecule has 2 nitrogen and oxygen atoms in total. The maximum absolute atomic E-state index is 11.4. The fourth-order valence-electron chi connectivity index (χ4n) is 0.947. The lowest BCUT2D eigenvalue weighted by Gasteiger charge is -2.07. The molecule has 0 fully saturated rings. The standard InChI is InChI=1S/C11H14NO/c1-3-9(2)12-11(13)10-7-5-4-6-8-10/h4-9H,3H2,1-2H3. The molecule has 0 spiro atoms. The first-order valence-electron chi connectivity index (χ1n) is 4.54. The van der Waals surface area contributed by atoms with Crippen LogP contribution in [0.5, 0.6) is 0 Å². The highest BCUT2D eigenvalue weighted by Crippen LogP contribution is 2.00. The summed E-state index contributed by atoms with van der Waals surface area (Å²) in [5.74, 6) is -0.116. The zero-order valence-corrected chi connectivity index (χ0v) is 8.03. The molecule has 0 N–H and O–H groups in total. The van der Waals surface area contributed by atoms with Crippen LogP contribution in [-0.4, -0.2) is 11.9 Å². The van der Waals surface area contributed by atoms with E-state index in [-0.39, 0.29) is 11.9 Å². The van der Waals surface area contributed by atoms with E-state index < -0.39 is 0 Å². The van der Waals surface area contributed by atoms with E-state index in [1.165, 1.54) is 0 Å². The first-order valence-corrected chi connectivity index (χ1v) is 4.54. The highest BCUT2D eigenvalue weighted by atomic mass is 16.1. The maximum Gasteiger partial charge on any atom is 0.272 e. The maximum atomic E-state index is 11.4. The summed E-state index contributed by atoms with van der Waals surface area (Å²) in [7, 11) is 0. The monoisotopic (exact) mass is 176 g/mol. The molecule has 2 heteroatoms. The topological polar surface area (TPSA) is 31.2 Å². The van der Waals surface area contributed by atoms with Gasteiger partial charge in [0.25, 0.3) is 5.91 Å². The number of amides is 1. The second-order valence-corrected chi connectivity index (χ2v) is 3.06. The lowest BCUT2D eigenvalue weighted by Crippen LogP contribution is -2.24. The summed E-state index contributed by atoms with van der Waals surface area (Å²) in [4.78, 5) is 11.4. The van der Waals surface area contributed by atoms with Crippen molar-refractivity contribution in [1.82, 2.24) is 5.32 Å². The molecule has 0 aliphatic heterocycles. The second kappa shape index (κ2) is 4.65. The minimum absolute atomic E-state index is 0.116. The second-order valence-electron chi connectivity index (χ2n) is 3.06. The first kappa shape index (κ1) is 9.78. The highest BCUT2D eigenvalue weighted by molar-refractivity contribution is 5.94. The Hall–Kier alpha value is -1.31. The van der Waals surface area contributed by atoms with Crippen LogP contribution in [0.25, 0.3) is 0 Å². The van der Waals surface area contributed by atoms with Gasteiger partial charge in [-0.3, -0.25) is 4.79 Å². The van der Waals surface area contributed by atoms with Crippen LogP contribution < -0.4 is 5.32 Å². The number of nitrogens with zero attached hydrogens (tertiary/aromatic N) is 1. The minimum atomic E-state index is -0.116. The Morgan fingerprint density at radius 3 is 2.54 bits per heavy atom. The molecule has 1 aromatic rings. The largest absolute Gasteiger partial charge is 0.272 e. The van der Waals surface area contributed by atoms with Crippen molar-refractivity contribution >= 4 is 5.91 Å². The molecule has 0 saturated heterocycles. The summed E-state index contributed by atoms with van der Waals surface area (Å²) in [6.07, 6.45) is 0.901. The third-order valence-electron chi connectivity index (χ3n) is 1.95. The Morgan fingerprint density at radius 2 is 2.00 bits per heavy atom. The fraction of sp³-hybridized carbons (Fsp3) is 0.364. The first-order chi connectivity index (χ1) is 6.24. The number of hydrogen-bond donors (Lipinski definition) is 0. The molecule has 1 amide bonds. The molecule has 1 unspecified atom stereocenters. The van der Waals surface area contributed by atoms with Gasteiger partial charge in [-0.1, -0.05) is 25.1 Å². The molecular weight excluding hydrogens is 162 g/mol. The number of hydrogen-bond acceptors (Lipinski definition) is 1. The molecule has 0 aliphatic rings. The molecule has 1 atom stereocenters. The van der Waals surface area contributed by atoms with E-state index >= 15 is 0 Å². The predicted octanol–water partition coefficient (Wildman–Crippen LogP) is 2.23. The van der Waals surface area contributed by atoms with Gasteiger partial charge < -0.3 is 0 Å². The average Bonchev–Trinajstić information content (AvgIpc) is 2.19. The summed E-state index contributed by atoms with van der Waals surface area (Å²) in [6, 6.07) is 9.27. The summed E-state index contributed by atoms with van der Waals surface area (Å²) >= 11 is 0. The van der Waals surface area contributed by atoms with E-state index in [1.54, 1.807) is 12.1 Å². The van der Waals surface area contributed by atoms with Crippen LogP contribution in [0.2, 0.25) is 0 Å². The Kier molecular flexibility index (Phi) is 3.50. The van der Waals surface area contributed by atoms with Crippen molar-refractivity contribution in [2.24, 2.45) is 0 Å². The molecule has 69 valence electrons. The molecule has 0 aliphatic carbocycles. The van der Waals surface area contributed by atoms with Gasteiger partial charge >= 0.3 is 0 Å². The molecule has 13 heavy (non-hydrogen) atoms. The van der Waals surface area contributed by atoms with Crippen molar-refractivity contribution in [2.75, 3.05) is 0 Å². The molecule has 0 aromatic heterocycles. The van der Waals surface area contributed by atoms with Crippen LogP contribution in [0.15, 0.2) is 30.3 Å². The van der Waals surface area contributed by atoms with Crippen LogP contribution in [0.1, 0.15) is 30.6 Å². The molecule has 0 saturated carbocycles. The third-order valence-corrected chi connectivity index (χ3v) is 1.95. The smallest absolute Gasteiger partial charge is 0.267 e. The molecule has 0 heterocycles. The lowest BCUT2D eigenvalue weighted by molar-refractivity contribution is 0.0934. The van der Waals surface area contributed by atoms with Gasteiger partial charge in [0.05, 0.1) is 6.04 Å². The van der Waals surface area contributed by atoms with E-state index in [9.17, 15) is 4.79 Å². The van der Waals surface area contributed by atoms with Crippen molar-refractivity contribution in [3.8, 4) is 0 Å². The molecule has 1 rings (SSSR count). The SMILES string of the molecule is CCC(C)[N]C(=O)c1ccccc1. The van der Waals surface area contributed by atoms with Gasteiger partial charge in [0, 0.05) is 5.56 Å². The Labute approximate surface area is 79.0 Å². The average molecular weight is 176 g/mol. The molecule has 1 radical (unpaired) electrons. The van der Waals surface area contributed by atoms with Gasteiger partial charge in [-0.05, 0) is 25.5 Å². The van der Waals surface area contributed by atoms with Gasteiger partial charge in [0.15, 0.2) is 0 Å². The number of carbonyl (C=O) groups excluding carboxylic acids is 1. The zero-order valence-electron chi connectivity index (χ0n) is 8.03. The van der Waals surface area contributed by atoms with Crippen molar-refractivity contribution in [2.45, 2.75) is 26.3 Å². The number of benzene rings is 1. The van der Waals surface area contributed by atoms with Gasteiger partial charge in [-0.2, -0.15) is 0 Å². The van der Waals surface area contributed by atoms with Crippen LogP contribution >= 0.6 is 0 Å². The van der Waals surface area contributed by atoms with E-state index in [0.29, 0.717) is 5.56 Å².